The van der Waals surface area contributed by atoms with Crippen molar-refractivity contribution in [3.05, 3.63) is 47.3 Å². The first-order valence-electron chi connectivity index (χ1n) is 4.87. The van der Waals surface area contributed by atoms with Crippen molar-refractivity contribution in [2.24, 2.45) is 0 Å². The molecule has 5 heteroatoms. The van der Waals surface area contributed by atoms with Crippen molar-refractivity contribution in [2.75, 3.05) is 5.73 Å². The van der Waals surface area contributed by atoms with Gasteiger partial charge in [-0.1, -0.05) is 6.57 Å². The summed E-state index contributed by atoms with van der Waals surface area (Å²) in [5.41, 5.74) is 7.31. The van der Waals surface area contributed by atoms with Crippen molar-refractivity contribution in [1.82, 2.24) is 9.97 Å². The van der Waals surface area contributed by atoms with Crippen LogP contribution in [0, 0.1) is 19.3 Å². The summed E-state index contributed by atoms with van der Waals surface area (Å²) in [4.78, 5) is 10.8. The normalized spacial score (nSPS) is 9.94. The number of hydrogen-bond donors (Lipinski definition) is 1. The van der Waals surface area contributed by atoms with Crippen molar-refractivity contribution in [1.29, 1.82) is 0 Å². The van der Waals surface area contributed by atoms with Crippen LogP contribution in [0.1, 0.15) is 5.56 Å². The van der Waals surface area contributed by atoms with Gasteiger partial charge < -0.3 is 10.6 Å². The summed E-state index contributed by atoms with van der Waals surface area (Å²) in [6.45, 7) is 8.70. The minimum absolute atomic E-state index is 0.127. The maximum absolute atomic E-state index is 13.7. The number of pyridine rings is 2. The molecule has 0 aliphatic heterocycles. The summed E-state index contributed by atoms with van der Waals surface area (Å²) in [5, 5.41) is 0. The molecule has 2 heterocycles. The molecule has 17 heavy (non-hydrogen) atoms. The molecular weight excluding hydrogens is 219 g/mol. The Morgan fingerprint density at radius 1 is 1.24 bits per heavy atom. The fourth-order valence-electron chi connectivity index (χ4n) is 1.49. The summed E-state index contributed by atoms with van der Waals surface area (Å²) < 4.78 is 13.7. The molecular formula is C12H9FN4. The molecule has 2 aromatic rings. The van der Waals surface area contributed by atoms with E-state index in [1.54, 1.807) is 12.3 Å². The molecule has 0 radical (unpaired) electrons. The molecule has 0 aliphatic rings. The monoisotopic (exact) mass is 228 g/mol. The van der Waals surface area contributed by atoms with Gasteiger partial charge in [-0.15, -0.1) is 4.98 Å². The molecule has 0 saturated carbocycles. The third-order valence-corrected chi connectivity index (χ3v) is 2.30. The molecule has 2 N–H and O–H groups in total. The maximum atomic E-state index is 13.7. The van der Waals surface area contributed by atoms with Gasteiger partial charge in [0, 0.05) is 17.3 Å². The Labute approximate surface area is 97.8 Å². The molecule has 4 nitrogen and oxygen atoms in total. The van der Waals surface area contributed by atoms with Crippen LogP contribution in [0.25, 0.3) is 16.0 Å². The zero-order valence-corrected chi connectivity index (χ0v) is 9.11. The Morgan fingerprint density at radius 2 is 2.00 bits per heavy atom. The zero-order chi connectivity index (χ0) is 12.4. The second kappa shape index (κ2) is 4.18. The maximum Gasteiger partial charge on any atom is 0.270 e. The van der Waals surface area contributed by atoms with E-state index in [4.69, 9.17) is 12.3 Å². The third kappa shape index (κ3) is 2.06. The second-order valence-electron chi connectivity index (χ2n) is 3.58. The van der Waals surface area contributed by atoms with E-state index >= 15 is 0 Å². The summed E-state index contributed by atoms with van der Waals surface area (Å²) in [5.74, 6) is -0.157. The predicted molar refractivity (Wildman–Crippen MR) is 62.8 cm³/mol. The summed E-state index contributed by atoms with van der Waals surface area (Å²) >= 11 is 0. The number of rotatable bonds is 1. The first-order valence-corrected chi connectivity index (χ1v) is 4.87. The summed E-state index contributed by atoms with van der Waals surface area (Å²) in [6, 6.07) is 3.10. The van der Waals surface area contributed by atoms with Crippen LogP contribution in [0.4, 0.5) is 16.0 Å². The van der Waals surface area contributed by atoms with Crippen LogP contribution < -0.4 is 5.73 Å². The van der Waals surface area contributed by atoms with Gasteiger partial charge in [0.05, 0.1) is 0 Å². The van der Waals surface area contributed by atoms with Gasteiger partial charge in [-0.05, 0) is 24.6 Å². The Bertz CT molecular complexity index is 616. The Balaban J connectivity index is 2.68. The minimum Gasteiger partial charge on any atom is -0.383 e. The zero-order valence-electron chi connectivity index (χ0n) is 9.11. The van der Waals surface area contributed by atoms with Gasteiger partial charge in [0.15, 0.2) is 12.0 Å². The minimum atomic E-state index is -0.517. The Kier molecular flexibility index (Phi) is 2.71. The standard InChI is InChI=1S/C12H9FN4/c1-7-3-9(12(14)17-5-7)8-4-11(15-2)16-6-10(8)13/h3-6H,1H3,(H2,14,17). The van der Waals surface area contributed by atoms with Crippen molar-refractivity contribution in [3.8, 4) is 11.1 Å². The second-order valence-corrected chi connectivity index (χ2v) is 3.58. The molecule has 0 amide bonds. The smallest absolute Gasteiger partial charge is 0.270 e. The van der Waals surface area contributed by atoms with Gasteiger partial charge in [0.25, 0.3) is 5.82 Å². The van der Waals surface area contributed by atoms with E-state index in [2.05, 4.69) is 14.8 Å². The van der Waals surface area contributed by atoms with E-state index in [1.807, 2.05) is 6.92 Å². The molecule has 0 unspecified atom stereocenters. The van der Waals surface area contributed by atoms with Gasteiger partial charge in [-0.3, -0.25) is 0 Å². The Morgan fingerprint density at radius 3 is 2.71 bits per heavy atom. The average Bonchev–Trinajstić information content (AvgIpc) is 2.33. The molecule has 0 saturated heterocycles. The lowest BCUT2D eigenvalue weighted by Gasteiger charge is -2.06. The molecule has 2 rings (SSSR count). The van der Waals surface area contributed by atoms with Crippen molar-refractivity contribution < 1.29 is 4.39 Å². The summed E-state index contributed by atoms with van der Waals surface area (Å²) in [6.07, 6.45) is 2.62. The summed E-state index contributed by atoms with van der Waals surface area (Å²) in [7, 11) is 0. The average molecular weight is 228 g/mol. The van der Waals surface area contributed by atoms with E-state index in [9.17, 15) is 4.39 Å². The molecule has 2 aromatic heterocycles. The topological polar surface area (TPSA) is 56.2 Å². The highest BCUT2D eigenvalue weighted by Gasteiger charge is 2.12. The molecule has 0 aliphatic carbocycles. The number of nitrogens with zero attached hydrogens (tertiary/aromatic N) is 3. The molecule has 0 fully saturated rings. The van der Waals surface area contributed by atoms with Gasteiger partial charge in [0.2, 0.25) is 0 Å². The van der Waals surface area contributed by atoms with Gasteiger partial charge in [-0.2, -0.15) is 0 Å². The quantitative estimate of drug-likeness (QED) is 0.763. The van der Waals surface area contributed by atoms with Crippen LogP contribution in [0.15, 0.2) is 24.5 Å². The van der Waals surface area contributed by atoms with Gasteiger partial charge in [0.1, 0.15) is 5.82 Å². The predicted octanol–water partition coefficient (Wildman–Crippen LogP) is 2.72. The number of anilines is 1. The Hall–Kier alpha value is -2.48. The molecule has 0 aromatic carbocycles. The number of aromatic nitrogens is 2. The van der Waals surface area contributed by atoms with E-state index < -0.39 is 5.82 Å². The van der Waals surface area contributed by atoms with E-state index in [-0.39, 0.29) is 17.2 Å². The van der Waals surface area contributed by atoms with Crippen LogP contribution in [-0.2, 0) is 0 Å². The van der Waals surface area contributed by atoms with Crippen molar-refractivity contribution in [3.63, 3.8) is 0 Å². The number of nitrogen functional groups attached to an aromatic ring is 1. The molecule has 0 atom stereocenters. The van der Waals surface area contributed by atoms with Crippen LogP contribution in [0.2, 0.25) is 0 Å². The van der Waals surface area contributed by atoms with E-state index in [1.165, 1.54) is 6.07 Å². The first-order chi connectivity index (χ1) is 8.11. The highest BCUT2D eigenvalue weighted by atomic mass is 19.1. The molecule has 84 valence electrons. The highest BCUT2D eigenvalue weighted by Crippen LogP contribution is 2.29. The lowest BCUT2D eigenvalue weighted by Crippen LogP contribution is -1.96. The van der Waals surface area contributed by atoms with Gasteiger partial charge in [-0.25, -0.2) is 9.37 Å². The van der Waals surface area contributed by atoms with Crippen LogP contribution in [0.3, 0.4) is 0 Å². The van der Waals surface area contributed by atoms with E-state index in [0.29, 0.717) is 5.56 Å². The number of aryl methyl sites for hydroxylation is 1. The number of nitrogens with two attached hydrogens (primary N) is 1. The molecule has 0 spiro atoms. The third-order valence-electron chi connectivity index (χ3n) is 2.30. The van der Waals surface area contributed by atoms with Crippen LogP contribution in [-0.4, -0.2) is 9.97 Å². The SMILES string of the molecule is [C-]#[N+]c1cc(-c2cc(C)cnc2N)c(F)cn1. The number of halogens is 1. The van der Waals surface area contributed by atoms with Gasteiger partial charge >= 0.3 is 0 Å². The van der Waals surface area contributed by atoms with Crippen molar-refractivity contribution in [2.45, 2.75) is 6.92 Å². The fraction of sp³-hybridized carbons (Fsp3) is 0.0833. The lowest BCUT2D eigenvalue weighted by molar-refractivity contribution is 0.625. The van der Waals surface area contributed by atoms with Crippen LogP contribution >= 0.6 is 0 Å². The van der Waals surface area contributed by atoms with E-state index in [0.717, 1.165) is 11.8 Å². The highest BCUT2D eigenvalue weighted by molar-refractivity contribution is 5.76. The number of hydrogen-bond acceptors (Lipinski definition) is 3. The lowest BCUT2D eigenvalue weighted by atomic mass is 10.1. The first kappa shape index (κ1) is 11.0. The molecule has 0 bridgehead atoms. The van der Waals surface area contributed by atoms with Crippen LogP contribution in [0.5, 0.6) is 0 Å². The fourth-order valence-corrected chi connectivity index (χ4v) is 1.49. The largest absolute Gasteiger partial charge is 0.383 e. The van der Waals surface area contributed by atoms with Crippen molar-refractivity contribution >= 4 is 11.6 Å².